The fourth-order valence-corrected chi connectivity index (χ4v) is 5.06. The van der Waals surface area contributed by atoms with Gasteiger partial charge in [-0.2, -0.15) is 9.40 Å². The van der Waals surface area contributed by atoms with Crippen LogP contribution in [0, 0.1) is 6.92 Å². The summed E-state index contributed by atoms with van der Waals surface area (Å²) in [5, 5.41) is 6.84. The second-order valence-corrected chi connectivity index (χ2v) is 8.16. The lowest BCUT2D eigenvalue weighted by Crippen LogP contribution is -2.46. The van der Waals surface area contributed by atoms with Gasteiger partial charge in [0.05, 0.1) is 5.69 Å². The number of carbonyl (C=O) groups is 1. The van der Waals surface area contributed by atoms with Gasteiger partial charge >= 0.3 is 0 Å². The third-order valence-electron chi connectivity index (χ3n) is 3.96. The lowest BCUT2D eigenvalue weighted by molar-refractivity contribution is -0.119. The maximum atomic E-state index is 13.2. The van der Waals surface area contributed by atoms with Gasteiger partial charge in [0.25, 0.3) is 0 Å². The first-order valence-corrected chi connectivity index (χ1v) is 10.1. The molecule has 9 heteroatoms. The molecule has 0 aliphatic carbocycles. The molecule has 0 unspecified atom stereocenters. The van der Waals surface area contributed by atoms with E-state index in [4.69, 9.17) is 11.6 Å². The number of aryl methyl sites for hydroxylation is 2. The van der Waals surface area contributed by atoms with Crippen LogP contribution >= 0.6 is 11.6 Å². The Kier molecular flexibility index (Phi) is 6.44. The van der Waals surface area contributed by atoms with E-state index in [1.807, 2.05) is 13.0 Å². The predicted molar refractivity (Wildman–Crippen MR) is 102 cm³/mol. The summed E-state index contributed by atoms with van der Waals surface area (Å²) in [6, 6.07) is 7.99. The van der Waals surface area contributed by atoms with E-state index in [-0.39, 0.29) is 16.6 Å². The first-order valence-electron chi connectivity index (χ1n) is 8.27. The summed E-state index contributed by atoms with van der Waals surface area (Å²) in [6.07, 6.45) is 0.555. The van der Waals surface area contributed by atoms with Crippen LogP contribution in [-0.4, -0.2) is 41.0 Å². The van der Waals surface area contributed by atoms with Crippen molar-refractivity contribution in [2.75, 3.05) is 11.9 Å². The largest absolute Gasteiger partial charge is 0.325 e. The zero-order valence-electron chi connectivity index (χ0n) is 15.2. The maximum Gasteiger partial charge on any atom is 0.248 e. The Hall–Kier alpha value is -1.90. The summed E-state index contributed by atoms with van der Waals surface area (Å²) in [5.41, 5.74) is 0.906. The van der Waals surface area contributed by atoms with Gasteiger partial charge in [0, 0.05) is 19.3 Å². The van der Waals surface area contributed by atoms with Crippen LogP contribution in [0.15, 0.2) is 35.2 Å². The van der Waals surface area contributed by atoms with Gasteiger partial charge in [0.15, 0.2) is 0 Å². The third-order valence-corrected chi connectivity index (χ3v) is 6.63. The van der Waals surface area contributed by atoms with Crippen molar-refractivity contribution in [2.24, 2.45) is 7.05 Å². The number of para-hydroxylation sites is 1. The zero-order chi connectivity index (χ0) is 19.5. The summed E-state index contributed by atoms with van der Waals surface area (Å²) in [6.45, 7) is 5.18. The quantitative estimate of drug-likeness (QED) is 0.777. The smallest absolute Gasteiger partial charge is 0.248 e. The Bertz CT molecular complexity index is 881. The second-order valence-electron chi connectivity index (χ2n) is 5.98. The number of nitrogens with one attached hydrogen (secondary N) is 1. The maximum absolute atomic E-state index is 13.2. The molecule has 1 atom stereocenters. The second kappa shape index (κ2) is 8.20. The minimum absolute atomic E-state index is 0.0271. The fraction of sp³-hybridized carbons (Fsp3) is 0.412. The summed E-state index contributed by atoms with van der Waals surface area (Å²) >= 11 is 6.15. The van der Waals surface area contributed by atoms with Gasteiger partial charge in [-0.15, -0.1) is 0 Å². The molecule has 2 aromatic rings. The number of amides is 1. The van der Waals surface area contributed by atoms with Gasteiger partial charge in [0.2, 0.25) is 15.9 Å². The SMILES string of the molecule is CCCN([C@H](C)C(=O)Nc1ccccc1)S(=O)(=O)c1c(C)nn(C)c1Cl. The highest BCUT2D eigenvalue weighted by atomic mass is 35.5. The Morgan fingerprint density at radius 2 is 1.96 bits per heavy atom. The molecule has 0 fully saturated rings. The molecule has 26 heavy (non-hydrogen) atoms. The Labute approximate surface area is 159 Å². The number of nitrogens with zero attached hydrogens (tertiary/aromatic N) is 3. The number of anilines is 1. The van der Waals surface area contributed by atoms with Gasteiger partial charge in [-0.3, -0.25) is 9.48 Å². The highest BCUT2D eigenvalue weighted by Gasteiger charge is 2.36. The van der Waals surface area contributed by atoms with Crippen molar-refractivity contribution in [3.05, 3.63) is 41.2 Å². The monoisotopic (exact) mass is 398 g/mol. The van der Waals surface area contributed by atoms with Crippen molar-refractivity contribution >= 4 is 33.2 Å². The molecule has 7 nitrogen and oxygen atoms in total. The van der Waals surface area contributed by atoms with E-state index in [0.29, 0.717) is 17.8 Å². The number of hydrogen-bond donors (Lipinski definition) is 1. The van der Waals surface area contributed by atoms with Crippen LogP contribution in [0.25, 0.3) is 0 Å². The topological polar surface area (TPSA) is 84.3 Å². The highest BCUT2D eigenvalue weighted by Crippen LogP contribution is 2.29. The fourth-order valence-electron chi connectivity index (χ4n) is 2.66. The average molecular weight is 399 g/mol. The van der Waals surface area contributed by atoms with Crippen molar-refractivity contribution in [3.63, 3.8) is 0 Å². The van der Waals surface area contributed by atoms with Crippen molar-refractivity contribution < 1.29 is 13.2 Å². The lowest BCUT2D eigenvalue weighted by atomic mass is 10.2. The van der Waals surface area contributed by atoms with E-state index in [2.05, 4.69) is 10.4 Å². The van der Waals surface area contributed by atoms with Gasteiger partial charge in [0.1, 0.15) is 16.1 Å². The van der Waals surface area contributed by atoms with E-state index in [1.165, 1.54) is 8.99 Å². The van der Waals surface area contributed by atoms with E-state index in [1.54, 1.807) is 45.2 Å². The van der Waals surface area contributed by atoms with Crippen LogP contribution in [0.4, 0.5) is 5.69 Å². The molecule has 142 valence electrons. The number of aromatic nitrogens is 2. The van der Waals surface area contributed by atoms with Gasteiger partial charge in [-0.25, -0.2) is 8.42 Å². The molecule has 0 aliphatic rings. The van der Waals surface area contributed by atoms with E-state index < -0.39 is 22.0 Å². The highest BCUT2D eigenvalue weighted by molar-refractivity contribution is 7.89. The summed E-state index contributed by atoms with van der Waals surface area (Å²) in [4.78, 5) is 12.6. The Morgan fingerprint density at radius 1 is 1.35 bits per heavy atom. The van der Waals surface area contributed by atoms with Gasteiger partial charge in [-0.05, 0) is 32.4 Å². The molecule has 2 rings (SSSR count). The Morgan fingerprint density at radius 3 is 2.46 bits per heavy atom. The normalized spacial score (nSPS) is 13.0. The molecule has 0 bridgehead atoms. The molecule has 0 saturated carbocycles. The minimum atomic E-state index is -3.98. The van der Waals surface area contributed by atoms with Crippen molar-refractivity contribution in [2.45, 2.75) is 38.1 Å². The number of rotatable bonds is 7. The predicted octanol–water partition coefficient (Wildman–Crippen LogP) is 2.81. The van der Waals surface area contributed by atoms with Crippen molar-refractivity contribution in [1.82, 2.24) is 14.1 Å². The molecule has 1 heterocycles. The number of hydrogen-bond acceptors (Lipinski definition) is 4. The molecular weight excluding hydrogens is 376 g/mol. The van der Waals surface area contributed by atoms with E-state index in [0.717, 1.165) is 0 Å². The number of benzene rings is 1. The first kappa shape index (κ1) is 20.4. The lowest BCUT2D eigenvalue weighted by Gasteiger charge is -2.27. The van der Waals surface area contributed by atoms with Crippen molar-refractivity contribution in [1.29, 1.82) is 0 Å². The standard InChI is InChI=1S/C17H23ClN4O3S/c1-5-11-22(13(3)17(23)19-14-9-7-6-8-10-14)26(24,25)15-12(2)20-21(4)16(15)18/h6-10,13H,5,11H2,1-4H3,(H,19,23)/t13-/m1/s1. The van der Waals surface area contributed by atoms with Gasteiger partial charge in [-0.1, -0.05) is 36.7 Å². The zero-order valence-corrected chi connectivity index (χ0v) is 16.8. The van der Waals surface area contributed by atoms with Crippen molar-refractivity contribution in [3.8, 4) is 0 Å². The van der Waals surface area contributed by atoms with Crippen LogP contribution in [0.5, 0.6) is 0 Å². The van der Waals surface area contributed by atoms with Gasteiger partial charge < -0.3 is 5.32 Å². The number of halogens is 1. The molecule has 1 amide bonds. The van der Waals surface area contributed by atoms with Crippen LogP contribution in [0.3, 0.4) is 0 Å². The molecule has 1 aromatic heterocycles. The molecule has 1 N–H and O–H groups in total. The summed E-state index contributed by atoms with van der Waals surface area (Å²) in [7, 11) is -2.41. The first-order chi connectivity index (χ1) is 12.2. The molecule has 1 aromatic carbocycles. The van der Waals surface area contributed by atoms with E-state index in [9.17, 15) is 13.2 Å². The third kappa shape index (κ3) is 4.08. The summed E-state index contributed by atoms with van der Waals surface area (Å²) < 4.78 is 28.8. The Balaban J connectivity index is 2.36. The molecular formula is C17H23ClN4O3S. The van der Waals surface area contributed by atoms with Crippen LogP contribution in [0.2, 0.25) is 5.15 Å². The molecule has 0 aliphatic heterocycles. The number of sulfonamides is 1. The van der Waals surface area contributed by atoms with Crippen LogP contribution in [-0.2, 0) is 21.9 Å². The van der Waals surface area contributed by atoms with Crippen LogP contribution < -0.4 is 5.32 Å². The average Bonchev–Trinajstić information content (AvgIpc) is 2.85. The number of carbonyl (C=O) groups excluding carboxylic acids is 1. The van der Waals surface area contributed by atoms with Crippen LogP contribution in [0.1, 0.15) is 26.0 Å². The molecule has 0 spiro atoms. The van der Waals surface area contributed by atoms with E-state index >= 15 is 0 Å². The molecule has 0 saturated heterocycles. The minimum Gasteiger partial charge on any atom is -0.325 e. The molecule has 0 radical (unpaired) electrons. The summed E-state index contributed by atoms with van der Waals surface area (Å²) in [5.74, 6) is -0.411.